The lowest BCUT2D eigenvalue weighted by Gasteiger charge is -2.37. The molecular weight excluding hydrogens is 334 g/mol. The third-order valence-electron chi connectivity index (χ3n) is 4.98. The summed E-state index contributed by atoms with van der Waals surface area (Å²) >= 11 is 6.21. The molecule has 1 aromatic carbocycles. The number of hydrogen-bond donors (Lipinski definition) is 0. The van der Waals surface area contributed by atoms with Crippen LogP contribution in [0.2, 0.25) is 5.02 Å². The lowest BCUT2D eigenvalue weighted by molar-refractivity contribution is -0.263. The first-order valence-corrected chi connectivity index (χ1v) is 9.65. The van der Waals surface area contributed by atoms with E-state index in [4.69, 9.17) is 21.1 Å². The van der Waals surface area contributed by atoms with Crippen LogP contribution in [0.25, 0.3) is 0 Å². The van der Waals surface area contributed by atoms with Gasteiger partial charge >= 0.3 is 0 Å². The Morgan fingerprint density at radius 2 is 1.92 bits per heavy atom. The van der Waals surface area contributed by atoms with Crippen molar-refractivity contribution in [3.8, 4) is 11.8 Å². The SMILES string of the molecule is CC1(C)OCC(C(C#CCN2CCCCC2)c2cccc(Cl)c2)CO1. The van der Waals surface area contributed by atoms with E-state index in [1.807, 2.05) is 32.0 Å². The molecule has 4 heteroatoms. The van der Waals surface area contributed by atoms with E-state index in [0.717, 1.165) is 17.1 Å². The molecule has 3 nitrogen and oxygen atoms in total. The van der Waals surface area contributed by atoms with E-state index >= 15 is 0 Å². The Hall–Kier alpha value is -1.05. The molecule has 0 radical (unpaired) electrons. The Morgan fingerprint density at radius 3 is 2.60 bits per heavy atom. The van der Waals surface area contributed by atoms with Crippen molar-refractivity contribution in [1.82, 2.24) is 4.90 Å². The molecule has 2 aliphatic rings. The minimum atomic E-state index is -0.503. The first kappa shape index (κ1) is 18.7. The molecule has 0 aliphatic carbocycles. The van der Waals surface area contributed by atoms with Crippen LogP contribution in [0.4, 0.5) is 0 Å². The Kier molecular flexibility index (Phi) is 6.41. The molecule has 2 saturated heterocycles. The van der Waals surface area contributed by atoms with Gasteiger partial charge in [-0.2, -0.15) is 0 Å². The first-order valence-electron chi connectivity index (χ1n) is 9.28. The van der Waals surface area contributed by atoms with Crippen LogP contribution >= 0.6 is 11.6 Å². The minimum Gasteiger partial charge on any atom is -0.350 e. The predicted octanol–water partition coefficient (Wildman–Crippen LogP) is 4.31. The molecule has 2 heterocycles. The van der Waals surface area contributed by atoms with Crippen LogP contribution in [-0.4, -0.2) is 43.5 Å². The maximum atomic E-state index is 6.21. The monoisotopic (exact) mass is 361 g/mol. The van der Waals surface area contributed by atoms with E-state index in [2.05, 4.69) is 22.8 Å². The van der Waals surface area contributed by atoms with Crippen molar-refractivity contribution in [3.63, 3.8) is 0 Å². The number of hydrogen-bond acceptors (Lipinski definition) is 3. The average Bonchev–Trinajstić information content (AvgIpc) is 2.60. The maximum absolute atomic E-state index is 6.21. The second-order valence-electron chi connectivity index (χ2n) is 7.47. The van der Waals surface area contributed by atoms with E-state index in [1.165, 1.54) is 32.4 Å². The normalized spacial score (nSPS) is 22.8. The molecule has 1 atom stereocenters. The molecule has 1 aromatic rings. The van der Waals surface area contributed by atoms with Crippen molar-refractivity contribution >= 4 is 11.6 Å². The maximum Gasteiger partial charge on any atom is 0.162 e. The lowest BCUT2D eigenvalue weighted by atomic mass is 9.86. The van der Waals surface area contributed by atoms with Crippen LogP contribution in [0.15, 0.2) is 24.3 Å². The molecule has 3 rings (SSSR count). The van der Waals surface area contributed by atoms with Crippen LogP contribution in [0.5, 0.6) is 0 Å². The summed E-state index contributed by atoms with van der Waals surface area (Å²) in [5.41, 5.74) is 1.15. The minimum absolute atomic E-state index is 0.0830. The van der Waals surface area contributed by atoms with Gasteiger partial charge in [-0.3, -0.25) is 4.90 Å². The van der Waals surface area contributed by atoms with Gasteiger partial charge in [-0.1, -0.05) is 42.0 Å². The topological polar surface area (TPSA) is 21.7 Å². The van der Waals surface area contributed by atoms with Crippen molar-refractivity contribution in [2.75, 3.05) is 32.8 Å². The Labute approximate surface area is 156 Å². The summed E-state index contributed by atoms with van der Waals surface area (Å²) in [5.74, 6) is 6.71. The molecule has 0 bridgehead atoms. The van der Waals surface area contributed by atoms with E-state index in [0.29, 0.717) is 13.2 Å². The molecule has 0 N–H and O–H groups in total. The standard InChI is InChI=1S/C21H28ClNO2/c1-21(2)24-15-18(16-25-21)20(17-8-6-9-19(22)14-17)10-7-13-23-11-4-3-5-12-23/h6,8-9,14,18,20H,3-5,11-13,15-16H2,1-2H3. The fourth-order valence-corrected chi connectivity index (χ4v) is 3.65. The zero-order chi connectivity index (χ0) is 17.7. The largest absolute Gasteiger partial charge is 0.350 e. The molecule has 25 heavy (non-hydrogen) atoms. The third kappa shape index (κ3) is 5.46. The molecule has 1 unspecified atom stereocenters. The van der Waals surface area contributed by atoms with Gasteiger partial charge in [0.15, 0.2) is 5.79 Å². The number of nitrogens with zero attached hydrogens (tertiary/aromatic N) is 1. The Morgan fingerprint density at radius 1 is 1.20 bits per heavy atom. The number of halogens is 1. The highest BCUT2D eigenvalue weighted by atomic mass is 35.5. The highest BCUT2D eigenvalue weighted by Crippen LogP contribution is 2.32. The molecule has 0 aromatic heterocycles. The van der Waals surface area contributed by atoms with Gasteiger partial charge in [0.25, 0.3) is 0 Å². The fraction of sp³-hybridized carbons (Fsp3) is 0.619. The summed E-state index contributed by atoms with van der Waals surface area (Å²) in [4.78, 5) is 2.45. The van der Waals surface area contributed by atoms with E-state index in [-0.39, 0.29) is 11.8 Å². The predicted molar refractivity (Wildman–Crippen MR) is 102 cm³/mol. The number of rotatable bonds is 3. The summed E-state index contributed by atoms with van der Waals surface area (Å²) in [5, 5.41) is 0.748. The molecular formula is C21H28ClNO2. The van der Waals surface area contributed by atoms with Gasteiger partial charge in [0.2, 0.25) is 0 Å². The van der Waals surface area contributed by atoms with Gasteiger partial charge in [0, 0.05) is 10.9 Å². The van der Waals surface area contributed by atoms with Gasteiger partial charge in [-0.05, 0) is 57.5 Å². The van der Waals surface area contributed by atoms with Crippen molar-refractivity contribution in [1.29, 1.82) is 0 Å². The van der Waals surface area contributed by atoms with Crippen molar-refractivity contribution < 1.29 is 9.47 Å². The van der Waals surface area contributed by atoms with Gasteiger partial charge in [-0.25, -0.2) is 0 Å². The summed E-state index contributed by atoms with van der Waals surface area (Å²) in [6.45, 7) is 8.40. The van der Waals surface area contributed by atoms with E-state index in [1.54, 1.807) is 0 Å². The molecule has 0 amide bonds. The summed E-state index contributed by atoms with van der Waals surface area (Å²) in [6.07, 6.45) is 3.93. The van der Waals surface area contributed by atoms with Crippen molar-refractivity contribution in [2.24, 2.45) is 5.92 Å². The van der Waals surface area contributed by atoms with Gasteiger partial charge in [0.1, 0.15) is 0 Å². The van der Waals surface area contributed by atoms with Crippen LogP contribution in [-0.2, 0) is 9.47 Å². The molecule has 0 spiro atoms. The molecule has 0 saturated carbocycles. The quantitative estimate of drug-likeness (QED) is 0.749. The Balaban J connectivity index is 1.73. The van der Waals surface area contributed by atoms with E-state index in [9.17, 15) is 0 Å². The number of likely N-dealkylation sites (tertiary alicyclic amines) is 1. The van der Waals surface area contributed by atoms with Crippen molar-refractivity contribution in [3.05, 3.63) is 34.9 Å². The third-order valence-corrected chi connectivity index (χ3v) is 5.21. The van der Waals surface area contributed by atoms with Crippen molar-refractivity contribution in [2.45, 2.75) is 44.8 Å². The summed E-state index contributed by atoms with van der Waals surface area (Å²) in [7, 11) is 0. The molecule has 2 fully saturated rings. The number of ether oxygens (including phenoxy) is 2. The number of piperidine rings is 1. The second kappa shape index (κ2) is 8.56. The van der Waals surface area contributed by atoms with E-state index < -0.39 is 5.79 Å². The van der Waals surface area contributed by atoms with Crippen LogP contribution in [0, 0.1) is 17.8 Å². The highest BCUT2D eigenvalue weighted by molar-refractivity contribution is 6.30. The Bertz CT molecular complexity index is 618. The van der Waals surface area contributed by atoms with Gasteiger partial charge in [-0.15, -0.1) is 0 Å². The number of benzene rings is 1. The van der Waals surface area contributed by atoms with Crippen LogP contribution in [0.1, 0.15) is 44.6 Å². The molecule has 2 aliphatic heterocycles. The van der Waals surface area contributed by atoms with Crippen LogP contribution in [0.3, 0.4) is 0 Å². The zero-order valence-corrected chi connectivity index (χ0v) is 16.0. The summed E-state index contributed by atoms with van der Waals surface area (Å²) < 4.78 is 11.7. The van der Waals surface area contributed by atoms with Gasteiger partial charge < -0.3 is 9.47 Å². The first-order chi connectivity index (χ1) is 12.0. The van der Waals surface area contributed by atoms with Gasteiger partial charge in [0.05, 0.1) is 25.7 Å². The highest BCUT2D eigenvalue weighted by Gasteiger charge is 2.33. The second-order valence-corrected chi connectivity index (χ2v) is 7.91. The zero-order valence-electron chi connectivity index (χ0n) is 15.3. The average molecular weight is 362 g/mol. The molecule has 136 valence electrons. The summed E-state index contributed by atoms with van der Waals surface area (Å²) in [6, 6.07) is 8.01. The lowest BCUT2D eigenvalue weighted by Crippen LogP contribution is -2.41. The fourth-order valence-electron chi connectivity index (χ4n) is 3.46. The smallest absolute Gasteiger partial charge is 0.162 e. The van der Waals surface area contributed by atoms with Crippen LogP contribution < -0.4 is 0 Å².